The minimum Gasteiger partial charge on any atom is -0.463 e. The van der Waals surface area contributed by atoms with Crippen LogP contribution in [0.4, 0.5) is 0 Å². The van der Waals surface area contributed by atoms with Crippen LogP contribution in [0.25, 0.3) is 0 Å². The monoisotopic (exact) mass is 415 g/mol. The van der Waals surface area contributed by atoms with Crippen LogP contribution in [-0.4, -0.2) is 79.1 Å². The molecule has 0 aromatic carbocycles. The summed E-state index contributed by atoms with van der Waals surface area (Å²) in [7, 11) is 0. The molecular formula is C19H29NO9. The Labute approximate surface area is 169 Å². The minimum absolute atomic E-state index is 0.206. The van der Waals surface area contributed by atoms with E-state index >= 15 is 0 Å². The molecule has 2 heterocycles. The van der Waals surface area contributed by atoms with Gasteiger partial charge < -0.3 is 23.7 Å². The van der Waals surface area contributed by atoms with Gasteiger partial charge in [0.1, 0.15) is 12.7 Å². The summed E-state index contributed by atoms with van der Waals surface area (Å²) in [5.41, 5.74) is 0. The van der Waals surface area contributed by atoms with Crippen LogP contribution in [0.3, 0.4) is 0 Å². The molecule has 10 heteroatoms. The van der Waals surface area contributed by atoms with Gasteiger partial charge in [0.25, 0.3) is 0 Å². The molecule has 0 aromatic rings. The van der Waals surface area contributed by atoms with Gasteiger partial charge >= 0.3 is 23.9 Å². The third kappa shape index (κ3) is 6.67. The van der Waals surface area contributed by atoms with Crippen LogP contribution in [0.1, 0.15) is 47.0 Å². The van der Waals surface area contributed by atoms with Gasteiger partial charge in [0.05, 0.1) is 0 Å². The average Bonchev–Trinajstić information content (AvgIpc) is 2.63. The Hall–Kier alpha value is -2.20. The second-order valence-electron chi connectivity index (χ2n) is 7.19. The Morgan fingerprint density at radius 1 is 0.759 bits per heavy atom. The number of hydrogen-bond acceptors (Lipinski definition) is 10. The van der Waals surface area contributed by atoms with Gasteiger partial charge in [-0.25, -0.2) is 0 Å². The van der Waals surface area contributed by atoms with E-state index in [0.717, 1.165) is 19.3 Å². The Bertz CT molecular complexity index is 617. The fraction of sp³-hybridized carbons (Fsp3) is 0.789. The molecule has 2 rings (SSSR count). The van der Waals surface area contributed by atoms with E-state index in [1.165, 1.54) is 27.7 Å². The summed E-state index contributed by atoms with van der Waals surface area (Å²) in [4.78, 5) is 48.6. The van der Waals surface area contributed by atoms with Crippen molar-refractivity contribution in [1.29, 1.82) is 0 Å². The first kappa shape index (κ1) is 23.1. The highest BCUT2D eigenvalue weighted by atomic mass is 16.7. The average molecular weight is 415 g/mol. The van der Waals surface area contributed by atoms with Gasteiger partial charge in [-0.1, -0.05) is 6.42 Å². The largest absolute Gasteiger partial charge is 0.463 e. The molecule has 0 N–H and O–H groups in total. The highest BCUT2D eigenvalue weighted by Crippen LogP contribution is 2.32. The van der Waals surface area contributed by atoms with E-state index in [1.807, 2.05) is 4.90 Å². The smallest absolute Gasteiger partial charge is 0.303 e. The molecular weight excluding hydrogens is 386 g/mol. The van der Waals surface area contributed by atoms with Gasteiger partial charge in [-0.3, -0.25) is 24.1 Å². The van der Waals surface area contributed by atoms with Crippen LogP contribution in [0, 0.1) is 0 Å². The number of esters is 4. The maximum absolute atomic E-state index is 11.8. The van der Waals surface area contributed by atoms with Gasteiger partial charge in [0, 0.05) is 40.8 Å². The van der Waals surface area contributed by atoms with E-state index in [-0.39, 0.29) is 6.61 Å². The van der Waals surface area contributed by atoms with E-state index in [0.29, 0.717) is 13.1 Å². The lowest BCUT2D eigenvalue weighted by Crippen LogP contribution is -2.66. The highest BCUT2D eigenvalue weighted by molar-refractivity contribution is 5.68. The Balaban J connectivity index is 2.40. The minimum atomic E-state index is -1.11. The number of carbonyl (C=O) groups excluding carboxylic acids is 4. The third-order valence-electron chi connectivity index (χ3n) is 4.72. The summed E-state index contributed by atoms with van der Waals surface area (Å²) in [5.74, 6) is -2.38. The van der Waals surface area contributed by atoms with Gasteiger partial charge in [0.15, 0.2) is 24.5 Å². The number of nitrogens with zero attached hydrogens (tertiary/aromatic N) is 1. The molecule has 0 aliphatic carbocycles. The van der Waals surface area contributed by atoms with Crippen molar-refractivity contribution >= 4 is 23.9 Å². The molecule has 0 aromatic heterocycles. The van der Waals surface area contributed by atoms with Gasteiger partial charge in [-0.15, -0.1) is 0 Å². The van der Waals surface area contributed by atoms with Gasteiger partial charge in [-0.05, 0) is 12.8 Å². The number of hydrogen-bond donors (Lipinski definition) is 0. The van der Waals surface area contributed by atoms with Crippen LogP contribution in [0.5, 0.6) is 0 Å². The van der Waals surface area contributed by atoms with E-state index in [4.69, 9.17) is 23.7 Å². The summed E-state index contributed by atoms with van der Waals surface area (Å²) in [5, 5.41) is 0. The van der Waals surface area contributed by atoms with Crippen molar-refractivity contribution in [3.63, 3.8) is 0 Å². The Kier molecular flexibility index (Phi) is 8.39. The predicted octanol–water partition coefficient (Wildman–Crippen LogP) is 0.555. The van der Waals surface area contributed by atoms with E-state index in [9.17, 15) is 19.2 Å². The molecule has 2 aliphatic rings. The van der Waals surface area contributed by atoms with Crippen molar-refractivity contribution in [3.05, 3.63) is 0 Å². The topological polar surface area (TPSA) is 118 Å². The summed E-state index contributed by atoms with van der Waals surface area (Å²) in [6, 6.07) is 0. The summed E-state index contributed by atoms with van der Waals surface area (Å²) in [6.07, 6.45) is -1.92. The second kappa shape index (κ2) is 10.5. The molecule has 2 fully saturated rings. The molecule has 0 bridgehead atoms. The predicted molar refractivity (Wildman–Crippen MR) is 97.4 cm³/mol. The normalized spacial score (nSPS) is 30.1. The van der Waals surface area contributed by atoms with Crippen LogP contribution in [0.15, 0.2) is 0 Å². The molecule has 29 heavy (non-hydrogen) atoms. The molecule has 164 valence electrons. The van der Waals surface area contributed by atoms with Crippen molar-refractivity contribution in [2.45, 2.75) is 77.6 Å². The summed E-state index contributed by atoms with van der Waals surface area (Å²) >= 11 is 0. The third-order valence-corrected chi connectivity index (χ3v) is 4.72. The first-order valence-electron chi connectivity index (χ1n) is 9.73. The van der Waals surface area contributed by atoms with Crippen molar-refractivity contribution in [3.8, 4) is 0 Å². The number of rotatable bonds is 6. The molecule has 5 atom stereocenters. The number of carbonyl (C=O) groups is 4. The summed E-state index contributed by atoms with van der Waals surface area (Å²) in [6.45, 7) is 6.10. The number of piperidine rings is 1. The molecule has 0 radical (unpaired) electrons. The van der Waals surface area contributed by atoms with Crippen molar-refractivity contribution in [2.75, 3.05) is 19.7 Å². The van der Waals surface area contributed by atoms with Crippen molar-refractivity contribution in [1.82, 2.24) is 4.90 Å². The van der Waals surface area contributed by atoms with Crippen LogP contribution in [-0.2, 0) is 42.9 Å². The van der Waals surface area contributed by atoms with Crippen LogP contribution >= 0.6 is 0 Å². The highest BCUT2D eigenvalue weighted by Gasteiger charge is 2.53. The number of likely N-dealkylation sites (tertiary alicyclic amines) is 1. The fourth-order valence-corrected chi connectivity index (χ4v) is 3.67. The quantitative estimate of drug-likeness (QED) is 0.450. The van der Waals surface area contributed by atoms with Gasteiger partial charge in [-0.2, -0.15) is 0 Å². The Morgan fingerprint density at radius 2 is 1.28 bits per heavy atom. The van der Waals surface area contributed by atoms with Crippen molar-refractivity contribution in [2.24, 2.45) is 0 Å². The maximum Gasteiger partial charge on any atom is 0.303 e. The van der Waals surface area contributed by atoms with Crippen LogP contribution in [0.2, 0.25) is 0 Å². The molecule has 0 saturated carbocycles. The standard InChI is InChI=1S/C19H29NO9/c1-11(21)25-10-15-16(26-12(2)22)17(27-13(3)23)18(28-14(4)24)19(29-15)20-8-6-5-7-9-20/h15-19H,5-10H2,1-4H3/t15-,16-,17+,18-,19-/m0/s1. The fourth-order valence-electron chi connectivity index (χ4n) is 3.67. The summed E-state index contributed by atoms with van der Waals surface area (Å²) < 4.78 is 27.5. The Morgan fingerprint density at radius 3 is 1.79 bits per heavy atom. The van der Waals surface area contributed by atoms with E-state index in [2.05, 4.69) is 0 Å². The lowest BCUT2D eigenvalue weighted by Gasteiger charge is -2.48. The maximum atomic E-state index is 11.8. The van der Waals surface area contributed by atoms with E-state index < -0.39 is 54.5 Å². The van der Waals surface area contributed by atoms with Crippen molar-refractivity contribution < 1.29 is 42.9 Å². The lowest BCUT2D eigenvalue weighted by atomic mass is 9.95. The molecule has 10 nitrogen and oxygen atoms in total. The zero-order valence-electron chi connectivity index (χ0n) is 17.3. The second-order valence-corrected chi connectivity index (χ2v) is 7.19. The lowest BCUT2D eigenvalue weighted by molar-refractivity contribution is -0.279. The zero-order valence-corrected chi connectivity index (χ0v) is 17.3. The molecule has 2 aliphatic heterocycles. The van der Waals surface area contributed by atoms with E-state index in [1.54, 1.807) is 0 Å². The molecule has 2 saturated heterocycles. The molecule has 0 amide bonds. The molecule has 0 unspecified atom stereocenters. The zero-order chi connectivity index (χ0) is 21.6. The SMILES string of the molecule is CC(=O)OC[C@@H]1O[C@H](N2CCCCC2)[C@@H](OC(C)=O)[C@H](OC(C)=O)[C@H]1OC(C)=O. The first-order chi connectivity index (χ1) is 13.7. The van der Waals surface area contributed by atoms with Gasteiger partial charge in [0.2, 0.25) is 0 Å². The molecule has 0 spiro atoms. The first-order valence-corrected chi connectivity index (χ1v) is 9.73. The number of ether oxygens (including phenoxy) is 5. The van der Waals surface area contributed by atoms with Crippen LogP contribution < -0.4 is 0 Å².